The number of hydrogen-bond donors (Lipinski definition) is 2. The summed E-state index contributed by atoms with van der Waals surface area (Å²) in [6.45, 7) is 0. The van der Waals surface area contributed by atoms with E-state index in [9.17, 15) is 4.79 Å². The molecule has 0 spiro atoms. The molecule has 0 aromatic carbocycles. The summed E-state index contributed by atoms with van der Waals surface area (Å²) < 4.78 is 0. The number of primary amides is 1. The van der Waals surface area contributed by atoms with E-state index in [-0.39, 0.29) is 0 Å². The number of hydrogen-bond acceptors (Lipinski definition) is 2. The third kappa shape index (κ3) is 1.29. The topological polar surface area (TPSA) is 67.5 Å². The van der Waals surface area contributed by atoms with Crippen LogP contribution in [0.4, 0.5) is 4.79 Å². The number of carbonyl (C=O) groups is 1. The van der Waals surface area contributed by atoms with Crippen molar-refractivity contribution in [3.8, 4) is 0 Å². The third-order valence-electron chi connectivity index (χ3n) is 2.83. The molecule has 3 aliphatic rings. The summed E-state index contributed by atoms with van der Waals surface area (Å²) >= 11 is 0. The van der Waals surface area contributed by atoms with Crippen molar-refractivity contribution < 1.29 is 4.79 Å². The number of nitrogens with two attached hydrogens (primary N) is 1. The second-order valence-corrected chi connectivity index (χ2v) is 3.65. The van der Waals surface area contributed by atoms with Gasteiger partial charge < -0.3 is 5.73 Å². The van der Waals surface area contributed by atoms with Crippen LogP contribution in [0.3, 0.4) is 0 Å². The van der Waals surface area contributed by atoms with Gasteiger partial charge in [0.25, 0.3) is 0 Å². The summed E-state index contributed by atoms with van der Waals surface area (Å²) in [5.41, 5.74) is 8.34. The summed E-state index contributed by atoms with van der Waals surface area (Å²) in [4.78, 5) is 10.4. The van der Waals surface area contributed by atoms with E-state index in [1.165, 1.54) is 19.3 Å². The molecular formula is C8H13N3O. The Morgan fingerprint density at radius 1 is 1.58 bits per heavy atom. The van der Waals surface area contributed by atoms with Gasteiger partial charge in [0.05, 0.1) is 0 Å². The number of hydrazone groups is 1. The third-order valence-corrected chi connectivity index (χ3v) is 2.83. The first kappa shape index (κ1) is 7.58. The molecule has 0 unspecified atom stereocenters. The van der Waals surface area contributed by atoms with Gasteiger partial charge in [-0.2, -0.15) is 5.10 Å². The van der Waals surface area contributed by atoms with E-state index in [4.69, 9.17) is 5.73 Å². The summed E-state index contributed by atoms with van der Waals surface area (Å²) in [7, 11) is 0. The van der Waals surface area contributed by atoms with Crippen LogP contribution in [0.5, 0.6) is 0 Å². The zero-order chi connectivity index (χ0) is 8.55. The summed E-state index contributed by atoms with van der Waals surface area (Å²) in [5.74, 6) is 1.57. The number of carbonyl (C=O) groups excluding carboxylic acids is 1. The molecule has 0 aliphatic heterocycles. The minimum absolute atomic E-state index is 0.566. The minimum Gasteiger partial charge on any atom is -0.350 e. The van der Waals surface area contributed by atoms with Crippen LogP contribution in [-0.4, -0.2) is 11.7 Å². The van der Waals surface area contributed by atoms with Gasteiger partial charge in [-0.3, -0.25) is 0 Å². The van der Waals surface area contributed by atoms with Gasteiger partial charge >= 0.3 is 6.03 Å². The molecule has 2 bridgehead atoms. The number of rotatable bonds is 1. The molecule has 12 heavy (non-hydrogen) atoms. The molecule has 3 aliphatic carbocycles. The lowest BCUT2D eigenvalue weighted by atomic mass is 9.64. The van der Waals surface area contributed by atoms with Crippen molar-refractivity contribution in [2.24, 2.45) is 22.7 Å². The van der Waals surface area contributed by atoms with Crippen molar-refractivity contribution >= 4 is 11.7 Å². The van der Waals surface area contributed by atoms with Gasteiger partial charge in [-0.25, -0.2) is 10.2 Å². The lowest BCUT2D eigenvalue weighted by Crippen LogP contribution is -2.38. The Balaban J connectivity index is 1.93. The summed E-state index contributed by atoms with van der Waals surface area (Å²) in [5, 5.41) is 3.99. The van der Waals surface area contributed by atoms with Gasteiger partial charge in [-0.05, 0) is 37.5 Å². The van der Waals surface area contributed by atoms with Crippen LogP contribution in [0, 0.1) is 11.8 Å². The van der Waals surface area contributed by atoms with E-state index < -0.39 is 6.03 Å². The van der Waals surface area contributed by atoms with E-state index in [1.807, 2.05) is 0 Å². The average molecular weight is 167 g/mol. The molecule has 0 aromatic rings. The van der Waals surface area contributed by atoms with Crippen LogP contribution in [0.2, 0.25) is 0 Å². The van der Waals surface area contributed by atoms with Crippen LogP contribution in [0.1, 0.15) is 25.7 Å². The molecule has 4 nitrogen and oxygen atoms in total. The maximum Gasteiger partial charge on any atom is 0.332 e. The number of fused-ring (bicyclic) bond motifs is 2. The van der Waals surface area contributed by atoms with E-state index in [2.05, 4.69) is 10.5 Å². The monoisotopic (exact) mass is 167 g/mol. The lowest BCUT2D eigenvalue weighted by molar-refractivity contribution is 0.213. The minimum atomic E-state index is -0.566. The van der Waals surface area contributed by atoms with Crippen LogP contribution < -0.4 is 11.2 Å². The molecule has 0 saturated heterocycles. The van der Waals surface area contributed by atoms with Gasteiger partial charge in [0, 0.05) is 5.71 Å². The average Bonchev–Trinajstić information content (AvgIpc) is 2.00. The molecule has 3 saturated carbocycles. The maximum atomic E-state index is 10.4. The molecule has 3 fully saturated rings. The fourth-order valence-electron chi connectivity index (χ4n) is 2.07. The molecule has 0 aromatic heterocycles. The Kier molecular flexibility index (Phi) is 1.75. The Morgan fingerprint density at radius 2 is 2.33 bits per heavy atom. The van der Waals surface area contributed by atoms with Crippen molar-refractivity contribution in [1.29, 1.82) is 0 Å². The summed E-state index contributed by atoms with van der Waals surface area (Å²) in [6, 6.07) is -0.566. The van der Waals surface area contributed by atoms with Crippen LogP contribution in [0.25, 0.3) is 0 Å². The molecule has 3 rings (SSSR count). The Labute approximate surface area is 71.2 Å². The van der Waals surface area contributed by atoms with E-state index in [1.54, 1.807) is 0 Å². The molecule has 0 radical (unpaired) electrons. The smallest absolute Gasteiger partial charge is 0.332 e. The predicted molar refractivity (Wildman–Crippen MR) is 45.6 cm³/mol. The molecule has 0 atom stereocenters. The zero-order valence-electron chi connectivity index (χ0n) is 6.92. The Bertz CT molecular complexity index is 228. The first-order valence-electron chi connectivity index (χ1n) is 4.37. The zero-order valence-corrected chi connectivity index (χ0v) is 6.92. The highest BCUT2D eigenvalue weighted by molar-refractivity contribution is 5.89. The lowest BCUT2D eigenvalue weighted by Gasteiger charge is -2.41. The quantitative estimate of drug-likeness (QED) is 0.558. The van der Waals surface area contributed by atoms with Crippen LogP contribution >= 0.6 is 0 Å². The summed E-state index contributed by atoms with van der Waals surface area (Å²) in [6.07, 6.45) is 4.80. The van der Waals surface area contributed by atoms with Crippen LogP contribution in [-0.2, 0) is 0 Å². The fraction of sp³-hybridized carbons (Fsp3) is 0.750. The predicted octanol–water partition coefficient (Wildman–Crippen LogP) is 0.831. The Morgan fingerprint density at radius 3 is 2.83 bits per heavy atom. The first-order chi connectivity index (χ1) is 5.75. The van der Waals surface area contributed by atoms with Gasteiger partial charge in [-0.15, -0.1) is 0 Å². The SMILES string of the molecule is NC(=O)N/N=C1\CCC2CC1C2. The number of amides is 2. The van der Waals surface area contributed by atoms with E-state index in [0.29, 0.717) is 5.92 Å². The van der Waals surface area contributed by atoms with E-state index >= 15 is 0 Å². The highest BCUT2D eigenvalue weighted by Crippen LogP contribution is 2.43. The van der Waals surface area contributed by atoms with Gasteiger partial charge in [0.2, 0.25) is 0 Å². The molecule has 3 N–H and O–H groups in total. The number of nitrogens with one attached hydrogen (secondary N) is 1. The molecule has 2 amide bonds. The largest absolute Gasteiger partial charge is 0.350 e. The fourth-order valence-corrected chi connectivity index (χ4v) is 2.07. The van der Waals surface area contributed by atoms with Gasteiger partial charge in [0.15, 0.2) is 0 Å². The number of urea groups is 1. The molecule has 0 heterocycles. The normalized spacial score (nSPS) is 35.8. The second kappa shape index (κ2) is 2.77. The van der Waals surface area contributed by atoms with Crippen molar-refractivity contribution in [3.63, 3.8) is 0 Å². The van der Waals surface area contributed by atoms with Crippen molar-refractivity contribution in [2.45, 2.75) is 25.7 Å². The van der Waals surface area contributed by atoms with Gasteiger partial charge in [-0.1, -0.05) is 0 Å². The highest BCUT2D eigenvalue weighted by atomic mass is 16.2. The first-order valence-corrected chi connectivity index (χ1v) is 4.37. The highest BCUT2D eigenvalue weighted by Gasteiger charge is 2.37. The maximum absolute atomic E-state index is 10.4. The molecule has 4 heteroatoms. The van der Waals surface area contributed by atoms with E-state index in [0.717, 1.165) is 18.1 Å². The second-order valence-electron chi connectivity index (χ2n) is 3.65. The number of nitrogens with zero attached hydrogens (tertiary/aromatic N) is 1. The Hall–Kier alpha value is -1.06. The van der Waals surface area contributed by atoms with Crippen LogP contribution in [0.15, 0.2) is 5.10 Å². The van der Waals surface area contributed by atoms with Crippen molar-refractivity contribution in [1.82, 2.24) is 5.43 Å². The van der Waals surface area contributed by atoms with Crippen molar-refractivity contribution in [2.75, 3.05) is 0 Å². The van der Waals surface area contributed by atoms with Gasteiger partial charge in [0.1, 0.15) is 0 Å². The molecular weight excluding hydrogens is 154 g/mol. The standard InChI is InChI=1S/C8H13N3O/c9-8(12)11-10-7-2-1-5-3-6(7)4-5/h5-6H,1-4H2,(H3,9,11,12)/b10-7+. The molecule has 66 valence electrons. The van der Waals surface area contributed by atoms with Crippen molar-refractivity contribution in [3.05, 3.63) is 0 Å².